The van der Waals surface area contributed by atoms with Gasteiger partial charge in [0.2, 0.25) is 5.95 Å². The number of fused-ring (bicyclic) bond motifs is 1. The first-order chi connectivity index (χ1) is 13.5. The van der Waals surface area contributed by atoms with Gasteiger partial charge >= 0.3 is 0 Å². The Morgan fingerprint density at radius 1 is 1.32 bits per heavy atom. The Morgan fingerprint density at radius 2 is 2.14 bits per heavy atom. The molecule has 2 aromatic heterocycles. The number of ketones is 1. The summed E-state index contributed by atoms with van der Waals surface area (Å²) < 4.78 is 6.07. The molecule has 0 bridgehead atoms. The lowest BCUT2D eigenvalue weighted by Gasteiger charge is -2.10. The van der Waals surface area contributed by atoms with E-state index in [4.69, 9.17) is 16.3 Å². The smallest absolute Gasteiger partial charge is 0.258 e. The van der Waals surface area contributed by atoms with E-state index in [9.17, 15) is 9.59 Å². The molecule has 2 heterocycles. The van der Waals surface area contributed by atoms with Gasteiger partial charge in [-0.2, -0.15) is 0 Å². The highest BCUT2D eigenvalue weighted by molar-refractivity contribution is 7.17. The van der Waals surface area contributed by atoms with Gasteiger partial charge in [0.25, 0.3) is 5.91 Å². The molecule has 0 atom stereocenters. The van der Waals surface area contributed by atoms with Gasteiger partial charge in [-0.15, -0.1) is 11.3 Å². The Balaban J connectivity index is 1.79. The number of aromatic nitrogens is 2. The number of benzene rings is 1. The number of hydrogen-bond acceptors (Lipinski definition) is 7. The van der Waals surface area contributed by atoms with Crippen LogP contribution < -0.4 is 15.4 Å². The monoisotopic (exact) mass is 418 g/mol. The summed E-state index contributed by atoms with van der Waals surface area (Å²) in [6, 6.07) is 5.01. The van der Waals surface area contributed by atoms with Crippen LogP contribution >= 0.6 is 22.9 Å². The van der Waals surface area contributed by atoms with E-state index in [2.05, 4.69) is 20.6 Å². The average Bonchev–Trinajstić information content (AvgIpc) is 3.08. The van der Waals surface area contributed by atoms with Gasteiger partial charge in [-0.05, 0) is 31.5 Å². The summed E-state index contributed by atoms with van der Waals surface area (Å²) in [6.45, 7) is 2.14. The van der Waals surface area contributed by atoms with Gasteiger partial charge in [-0.3, -0.25) is 4.79 Å². The topological polar surface area (TPSA) is 93.2 Å². The Morgan fingerprint density at radius 3 is 2.89 bits per heavy atom. The van der Waals surface area contributed by atoms with E-state index in [-0.39, 0.29) is 11.7 Å². The van der Waals surface area contributed by atoms with E-state index >= 15 is 0 Å². The minimum absolute atomic E-state index is 0.145. The van der Waals surface area contributed by atoms with Crippen molar-refractivity contribution in [3.63, 3.8) is 0 Å². The van der Waals surface area contributed by atoms with Crippen molar-refractivity contribution in [3.05, 3.63) is 40.4 Å². The molecule has 146 valence electrons. The van der Waals surface area contributed by atoms with E-state index in [1.165, 1.54) is 18.4 Å². The molecular weight excluding hydrogens is 400 g/mol. The minimum atomic E-state index is -0.312. The summed E-state index contributed by atoms with van der Waals surface area (Å²) in [5.41, 5.74) is 1.49. The number of nitrogens with zero attached hydrogens (tertiary/aromatic N) is 2. The first kappa shape index (κ1) is 20.0. The van der Waals surface area contributed by atoms with Gasteiger partial charge in [-0.25, -0.2) is 9.97 Å². The fourth-order valence-electron chi connectivity index (χ4n) is 2.58. The predicted octanol–water partition coefficient (Wildman–Crippen LogP) is 4.39. The lowest BCUT2D eigenvalue weighted by molar-refractivity contribution is -0.117. The molecule has 0 saturated carbocycles. The molecule has 9 heteroatoms. The second-order valence-corrected chi connectivity index (χ2v) is 7.43. The third kappa shape index (κ3) is 4.76. The summed E-state index contributed by atoms with van der Waals surface area (Å²) in [7, 11) is 1.52. The summed E-state index contributed by atoms with van der Waals surface area (Å²) in [5.74, 6) is 0.767. The highest BCUT2D eigenvalue weighted by Gasteiger charge is 2.17. The highest BCUT2D eigenvalue weighted by atomic mass is 35.5. The molecule has 1 amide bonds. The molecule has 0 radical (unpaired) electrons. The van der Waals surface area contributed by atoms with Crippen LogP contribution in [0, 0.1) is 0 Å². The van der Waals surface area contributed by atoms with Crippen molar-refractivity contribution < 1.29 is 14.3 Å². The molecule has 3 aromatic rings. The van der Waals surface area contributed by atoms with E-state index in [0.717, 1.165) is 4.70 Å². The molecule has 3 rings (SSSR count). The maximum atomic E-state index is 12.8. The number of anilines is 2. The highest BCUT2D eigenvalue weighted by Crippen LogP contribution is 2.30. The molecule has 2 N–H and O–H groups in total. The van der Waals surface area contributed by atoms with Crippen LogP contribution in [0.2, 0.25) is 5.02 Å². The number of Topliss-reactive ketones (excluding diaryl/α,β-unsaturated/α-hetero) is 1. The zero-order chi connectivity index (χ0) is 20.1. The van der Waals surface area contributed by atoms with E-state index in [1.54, 1.807) is 36.7 Å². The second kappa shape index (κ2) is 8.99. The average molecular weight is 419 g/mol. The van der Waals surface area contributed by atoms with Crippen LogP contribution in [0.15, 0.2) is 29.8 Å². The number of carbonyl (C=O) groups is 2. The lowest BCUT2D eigenvalue weighted by atomic mass is 10.2. The van der Waals surface area contributed by atoms with Gasteiger partial charge in [0.05, 0.1) is 34.8 Å². The largest absolute Gasteiger partial charge is 0.495 e. The maximum Gasteiger partial charge on any atom is 0.258 e. The molecule has 28 heavy (non-hydrogen) atoms. The molecule has 7 nitrogen and oxygen atoms in total. The van der Waals surface area contributed by atoms with Crippen LogP contribution in [0.3, 0.4) is 0 Å². The predicted molar refractivity (Wildman–Crippen MR) is 112 cm³/mol. The SMILES string of the molecule is COc1ccc(Cl)cc1NC(=O)c1csc2cnc(NCCCC(C)=O)nc12. The standard InChI is InChI=1S/C19H19ClN4O3S/c1-11(25)4-3-7-21-19-22-9-16-17(24-19)13(10-28-16)18(26)23-14-8-12(20)5-6-15(14)27-2/h5-6,8-10H,3-4,7H2,1-2H3,(H,23,26)(H,21,22,24). The van der Waals surface area contributed by atoms with Crippen LogP contribution in [-0.2, 0) is 4.79 Å². The minimum Gasteiger partial charge on any atom is -0.495 e. The fourth-order valence-corrected chi connectivity index (χ4v) is 3.60. The van der Waals surface area contributed by atoms with Gasteiger partial charge in [0.1, 0.15) is 11.5 Å². The van der Waals surface area contributed by atoms with Crippen molar-refractivity contribution in [2.75, 3.05) is 24.3 Å². The van der Waals surface area contributed by atoms with Crippen LogP contribution in [-0.4, -0.2) is 35.3 Å². The van der Waals surface area contributed by atoms with Gasteiger partial charge in [0.15, 0.2) is 0 Å². The number of thiophene rings is 1. The third-order valence-corrected chi connectivity index (χ3v) is 5.10. The number of ether oxygens (including phenoxy) is 1. The molecule has 0 spiro atoms. The second-order valence-electron chi connectivity index (χ2n) is 6.09. The van der Waals surface area contributed by atoms with E-state index < -0.39 is 0 Å². The van der Waals surface area contributed by atoms with Gasteiger partial charge < -0.3 is 20.2 Å². The normalized spacial score (nSPS) is 10.7. The molecular formula is C19H19ClN4O3S. The number of hydrogen-bond donors (Lipinski definition) is 2. The number of halogens is 1. The fraction of sp³-hybridized carbons (Fsp3) is 0.263. The molecule has 0 aliphatic carbocycles. The summed E-state index contributed by atoms with van der Waals surface area (Å²) in [5, 5.41) is 8.14. The first-order valence-corrected chi connectivity index (χ1v) is 9.86. The molecule has 0 aliphatic rings. The molecule has 0 unspecified atom stereocenters. The number of nitrogens with one attached hydrogen (secondary N) is 2. The van der Waals surface area contributed by atoms with Crippen molar-refractivity contribution in [1.82, 2.24) is 9.97 Å². The maximum absolute atomic E-state index is 12.8. The Bertz CT molecular complexity index is 1020. The number of carbonyl (C=O) groups excluding carboxylic acids is 2. The van der Waals surface area contributed by atoms with Crippen LogP contribution in [0.4, 0.5) is 11.6 Å². The third-order valence-electron chi connectivity index (χ3n) is 3.96. The van der Waals surface area contributed by atoms with Gasteiger partial charge in [-0.1, -0.05) is 11.6 Å². The lowest BCUT2D eigenvalue weighted by Crippen LogP contribution is -2.13. The van der Waals surface area contributed by atoms with Crippen molar-refractivity contribution in [2.24, 2.45) is 0 Å². The van der Waals surface area contributed by atoms with Crippen LogP contribution in [0.25, 0.3) is 10.2 Å². The van der Waals surface area contributed by atoms with E-state index in [0.29, 0.717) is 52.9 Å². The van der Waals surface area contributed by atoms with Crippen molar-refractivity contribution in [2.45, 2.75) is 19.8 Å². The Hall–Kier alpha value is -2.71. The van der Waals surface area contributed by atoms with Crippen molar-refractivity contribution in [1.29, 1.82) is 0 Å². The molecule has 0 aliphatic heterocycles. The molecule has 1 aromatic carbocycles. The number of rotatable bonds is 8. The summed E-state index contributed by atoms with van der Waals surface area (Å²) in [4.78, 5) is 32.5. The summed E-state index contributed by atoms with van der Waals surface area (Å²) in [6.07, 6.45) is 2.88. The van der Waals surface area contributed by atoms with Crippen molar-refractivity contribution >= 4 is 56.5 Å². The quantitative estimate of drug-likeness (QED) is 0.527. The van der Waals surface area contributed by atoms with E-state index in [1.807, 2.05) is 0 Å². The molecule has 0 saturated heterocycles. The zero-order valence-electron chi connectivity index (χ0n) is 15.4. The Labute approximate surface area is 171 Å². The van der Waals surface area contributed by atoms with Crippen molar-refractivity contribution in [3.8, 4) is 5.75 Å². The van der Waals surface area contributed by atoms with Gasteiger partial charge in [0, 0.05) is 23.4 Å². The number of amides is 1. The van der Waals surface area contributed by atoms with Crippen LogP contribution in [0.1, 0.15) is 30.1 Å². The summed E-state index contributed by atoms with van der Waals surface area (Å²) >= 11 is 7.41. The molecule has 0 fully saturated rings. The number of methoxy groups -OCH3 is 1. The van der Waals surface area contributed by atoms with Crippen LogP contribution in [0.5, 0.6) is 5.75 Å². The first-order valence-electron chi connectivity index (χ1n) is 8.60. The zero-order valence-corrected chi connectivity index (χ0v) is 17.0. The Kier molecular flexibility index (Phi) is 6.43.